The van der Waals surface area contributed by atoms with Crippen molar-refractivity contribution >= 4 is 18.2 Å². The van der Waals surface area contributed by atoms with Gasteiger partial charge in [0.05, 0.1) is 0 Å². The molecule has 7 heteroatoms. The maximum Gasteiger partial charge on any atom is 0.352 e. The summed E-state index contributed by atoms with van der Waals surface area (Å²) in [5, 5.41) is 12.5. The highest BCUT2D eigenvalue weighted by Crippen LogP contribution is 1.95. The number of rotatable bonds is 7. The molecule has 0 heterocycles. The fourth-order valence-electron chi connectivity index (χ4n) is 0.655. The highest BCUT2D eigenvalue weighted by Gasteiger charge is 2.11. The Kier molecular flexibility index (Phi) is 7.36. The molecule has 0 aromatic heterocycles. The first-order valence-corrected chi connectivity index (χ1v) is 4.71. The van der Waals surface area contributed by atoms with Gasteiger partial charge < -0.3 is 19.4 Å². The van der Waals surface area contributed by atoms with Crippen molar-refractivity contribution in [2.24, 2.45) is 5.16 Å². The molecule has 0 aliphatic rings. The second-order valence-corrected chi connectivity index (χ2v) is 3.08. The number of carbonyl (C=O) groups excluding carboxylic acids is 2. The van der Waals surface area contributed by atoms with Crippen molar-refractivity contribution in [1.82, 2.24) is 0 Å². The molecule has 0 spiro atoms. The average molecular weight is 245 g/mol. The van der Waals surface area contributed by atoms with Crippen LogP contribution >= 0.6 is 0 Å². The summed E-state index contributed by atoms with van der Waals surface area (Å²) in [5.74, 6) is -1.38. The van der Waals surface area contributed by atoms with Gasteiger partial charge in [-0.05, 0) is 6.92 Å². The number of oxime groups is 1. The van der Waals surface area contributed by atoms with Crippen LogP contribution in [0.3, 0.4) is 0 Å². The predicted molar refractivity (Wildman–Crippen MR) is 58.2 cm³/mol. The molecule has 7 nitrogen and oxygen atoms in total. The molecule has 1 N–H and O–H groups in total. The molecule has 0 saturated heterocycles. The highest BCUT2D eigenvalue weighted by atomic mass is 16.6. The quantitative estimate of drug-likeness (QED) is 0.285. The third-order valence-electron chi connectivity index (χ3n) is 1.44. The van der Waals surface area contributed by atoms with Crippen LogP contribution in [0, 0.1) is 0 Å². The van der Waals surface area contributed by atoms with Gasteiger partial charge in [-0.3, -0.25) is 0 Å². The van der Waals surface area contributed by atoms with E-state index < -0.39 is 18.0 Å². The van der Waals surface area contributed by atoms with Gasteiger partial charge in [-0.25, -0.2) is 9.59 Å². The van der Waals surface area contributed by atoms with Crippen molar-refractivity contribution in [2.75, 3.05) is 20.3 Å². The fraction of sp³-hybridized carbons (Fsp3) is 0.500. The van der Waals surface area contributed by atoms with E-state index in [0.717, 1.165) is 6.21 Å². The van der Waals surface area contributed by atoms with Crippen LogP contribution in [-0.4, -0.2) is 49.7 Å². The minimum Gasteiger partial charge on any atom is -0.459 e. The summed E-state index contributed by atoms with van der Waals surface area (Å²) in [6, 6.07) is 0. The highest BCUT2D eigenvalue weighted by molar-refractivity contribution is 6.22. The molecular weight excluding hydrogens is 230 g/mol. The van der Waals surface area contributed by atoms with Crippen LogP contribution < -0.4 is 0 Å². The van der Waals surface area contributed by atoms with Crippen molar-refractivity contribution in [1.29, 1.82) is 0 Å². The molecule has 0 radical (unpaired) electrons. The van der Waals surface area contributed by atoms with E-state index in [9.17, 15) is 14.7 Å². The molecule has 0 fully saturated rings. The van der Waals surface area contributed by atoms with Crippen molar-refractivity contribution in [2.45, 2.75) is 13.0 Å². The monoisotopic (exact) mass is 245 g/mol. The van der Waals surface area contributed by atoms with Crippen LogP contribution in [0.2, 0.25) is 0 Å². The molecule has 0 amide bonds. The van der Waals surface area contributed by atoms with E-state index in [1.165, 1.54) is 14.0 Å². The van der Waals surface area contributed by atoms with E-state index in [-0.39, 0.29) is 18.8 Å². The van der Waals surface area contributed by atoms with Crippen molar-refractivity contribution in [3.63, 3.8) is 0 Å². The number of nitrogens with zero attached hydrogens (tertiary/aromatic N) is 1. The molecule has 17 heavy (non-hydrogen) atoms. The van der Waals surface area contributed by atoms with Crippen molar-refractivity contribution in [3.8, 4) is 0 Å². The Balaban J connectivity index is 3.76. The SMILES string of the molecule is C=C(C)C(=O)OCC(O)COC(=O)C=NOC. The van der Waals surface area contributed by atoms with E-state index in [1.807, 2.05) is 0 Å². The van der Waals surface area contributed by atoms with E-state index in [2.05, 4.69) is 26.0 Å². The summed E-state index contributed by atoms with van der Waals surface area (Å²) in [6.45, 7) is 4.27. The van der Waals surface area contributed by atoms with Gasteiger partial charge in [0.2, 0.25) is 0 Å². The number of carbonyl (C=O) groups is 2. The molecule has 0 aromatic carbocycles. The maximum absolute atomic E-state index is 10.9. The first kappa shape index (κ1) is 15.1. The average Bonchev–Trinajstić information content (AvgIpc) is 2.30. The van der Waals surface area contributed by atoms with Gasteiger partial charge in [0.25, 0.3) is 0 Å². The van der Waals surface area contributed by atoms with Crippen LogP contribution in [0.15, 0.2) is 17.3 Å². The molecule has 0 aliphatic heterocycles. The van der Waals surface area contributed by atoms with Crippen LogP contribution in [0.4, 0.5) is 0 Å². The Labute approximate surface area is 98.6 Å². The molecule has 0 aliphatic carbocycles. The summed E-state index contributed by atoms with van der Waals surface area (Å²) in [4.78, 5) is 26.1. The minimum atomic E-state index is -1.10. The Morgan fingerprint density at radius 2 is 2.00 bits per heavy atom. The largest absolute Gasteiger partial charge is 0.459 e. The van der Waals surface area contributed by atoms with Crippen molar-refractivity contribution in [3.05, 3.63) is 12.2 Å². The van der Waals surface area contributed by atoms with Crippen molar-refractivity contribution < 1.29 is 29.0 Å². The van der Waals surface area contributed by atoms with Gasteiger partial charge in [-0.2, -0.15) is 0 Å². The molecule has 1 unspecified atom stereocenters. The van der Waals surface area contributed by atoms with Crippen LogP contribution in [0.5, 0.6) is 0 Å². The molecule has 1 atom stereocenters. The van der Waals surface area contributed by atoms with E-state index in [4.69, 9.17) is 0 Å². The number of hydrogen-bond donors (Lipinski definition) is 1. The Morgan fingerprint density at radius 1 is 1.41 bits per heavy atom. The van der Waals surface area contributed by atoms with Crippen LogP contribution in [0.25, 0.3) is 0 Å². The third kappa shape index (κ3) is 7.97. The van der Waals surface area contributed by atoms with Crippen LogP contribution in [0.1, 0.15) is 6.92 Å². The Hall–Kier alpha value is -1.89. The lowest BCUT2D eigenvalue weighted by Crippen LogP contribution is -2.25. The lowest BCUT2D eigenvalue weighted by molar-refractivity contribution is -0.145. The number of aliphatic hydroxyl groups excluding tert-OH is 1. The summed E-state index contributed by atoms with van der Waals surface area (Å²) >= 11 is 0. The molecule has 0 saturated carbocycles. The van der Waals surface area contributed by atoms with Gasteiger partial charge in [-0.15, -0.1) is 0 Å². The number of esters is 2. The zero-order valence-electron chi connectivity index (χ0n) is 9.71. The molecule has 0 rings (SSSR count). The first-order valence-electron chi connectivity index (χ1n) is 4.71. The summed E-state index contributed by atoms with van der Waals surface area (Å²) in [5.41, 5.74) is 0.224. The number of hydrogen-bond acceptors (Lipinski definition) is 7. The molecule has 96 valence electrons. The normalized spacial score (nSPS) is 11.9. The standard InChI is InChI=1S/C10H15NO6/c1-7(2)10(14)17-6-8(12)5-16-9(13)4-11-15-3/h4,8,12H,1,5-6H2,2-3H3. The Morgan fingerprint density at radius 3 is 2.53 bits per heavy atom. The maximum atomic E-state index is 10.9. The van der Waals surface area contributed by atoms with Gasteiger partial charge in [0.15, 0.2) is 6.21 Å². The lowest BCUT2D eigenvalue weighted by Gasteiger charge is -2.10. The first-order chi connectivity index (χ1) is 7.97. The minimum absolute atomic E-state index is 0.224. The zero-order valence-corrected chi connectivity index (χ0v) is 9.71. The molecule has 0 aromatic rings. The molecule has 0 bridgehead atoms. The summed E-state index contributed by atoms with van der Waals surface area (Å²) in [7, 11) is 1.27. The lowest BCUT2D eigenvalue weighted by atomic mass is 10.3. The van der Waals surface area contributed by atoms with E-state index >= 15 is 0 Å². The second-order valence-electron chi connectivity index (χ2n) is 3.08. The fourth-order valence-corrected chi connectivity index (χ4v) is 0.655. The summed E-state index contributed by atoms with van der Waals surface area (Å²) < 4.78 is 9.21. The topological polar surface area (TPSA) is 94.4 Å². The Bertz CT molecular complexity index is 312. The molecular formula is C10H15NO6. The summed E-state index contributed by atoms with van der Waals surface area (Å²) in [6.07, 6.45) is -0.287. The smallest absolute Gasteiger partial charge is 0.352 e. The van der Waals surface area contributed by atoms with Gasteiger partial charge >= 0.3 is 11.9 Å². The third-order valence-corrected chi connectivity index (χ3v) is 1.44. The van der Waals surface area contributed by atoms with E-state index in [0.29, 0.717) is 0 Å². The predicted octanol–water partition coefficient (Wildman–Crippen LogP) is -0.358. The van der Waals surface area contributed by atoms with Crippen LogP contribution in [-0.2, 0) is 23.9 Å². The number of aliphatic hydroxyl groups is 1. The van der Waals surface area contributed by atoms with Gasteiger partial charge in [0, 0.05) is 5.57 Å². The van der Waals surface area contributed by atoms with E-state index in [1.54, 1.807) is 0 Å². The van der Waals surface area contributed by atoms with Gasteiger partial charge in [-0.1, -0.05) is 11.7 Å². The number of ether oxygens (including phenoxy) is 2. The zero-order chi connectivity index (χ0) is 13.3. The van der Waals surface area contributed by atoms with Gasteiger partial charge in [0.1, 0.15) is 26.4 Å². The second kappa shape index (κ2) is 8.28.